The van der Waals surface area contributed by atoms with Gasteiger partial charge in [-0.05, 0) is 18.2 Å². The molecule has 1 aromatic heterocycles. The van der Waals surface area contributed by atoms with Crippen molar-refractivity contribution >= 4 is 23.6 Å². The highest BCUT2D eigenvalue weighted by Crippen LogP contribution is 2.25. The smallest absolute Gasteiger partial charge is 0.414 e. The molecule has 0 atom stereocenters. The first-order chi connectivity index (χ1) is 13.0. The van der Waals surface area contributed by atoms with E-state index in [9.17, 15) is 9.18 Å². The van der Waals surface area contributed by atoms with Crippen LogP contribution in [0.15, 0.2) is 42.6 Å². The minimum Gasteiger partial charge on any atom is -0.444 e. The molecule has 0 saturated carbocycles. The monoisotopic (exact) mass is 372 g/mol. The number of nitrogens with one attached hydrogen (secondary N) is 2. The Morgan fingerprint density at radius 3 is 2.59 bits per heavy atom. The number of nitrogens with zero attached hydrogens (tertiary/aromatic N) is 3. The van der Waals surface area contributed by atoms with E-state index in [-0.39, 0.29) is 12.2 Å². The van der Waals surface area contributed by atoms with Crippen molar-refractivity contribution in [1.29, 1.82) is 5.41 Å². The van der Waals surface area contributed by atoms with E-state index in [1.54, 1.807) is 24.4 Å². The van der Waals surface area contributed by atoms with Gasteiger partial charge in [-0.3, -0.25) is 10.7 Å². The highest BCUT2D eigenvalue weighted by molar-refractivity contribution is 5.90. The number of anilines is 2. The van der Waals surface area contributed by atoms with Crippen molar-refractivity contribution in [3.05, 3.63) is 54.0 Å². The molecule has 1 amide bonds. The van der Waals surface area contributed by atoms with E-state index >= 15 is 0 Å². The molecule has 1 aliphatic rings. The number of halogens is 1. The number of guanidine groups is 1. The van der Waals surface area contributed by atoms with Crippen molar-refractivity contribution in [2.24, 2.45) is 5.73 Å². The number of pyridine rings is 1. The summed E-state index contributed by atoms with van der Waals surface area (Å²) in [6.45, 7) is 2.54. The number of amides is 1. The SMILES string of the molecule is N=C(N)NC(=O)OCc1cccc(N2CCN(c3ccccn3)CC2)c1F. The zero-order valence-corrected chi connectivity index (χ0v) is 14.7. The largest absolute Gasteiger partial charge is 0.444 e. The molecule has 0 radical (unpaired) electrons. The number of alkyl carbamates (subject to hydrolysis) is 1. The van der Waals surface area contributed by atoms with E-state index in [1.807, 2.05) is 28.4 Å². The van der Waals surface area contributed by atoms with Crippen LogP contribution in [-0.2, 0) is 11.3 Å². The van der Waals surface area contributed by atoms with Crippen molar-refractivity contribution in [3.8, 4) is 0 Å². The third-order valence-electron chi connectivity index (χ3n) is 4.25. The lowest BCUT2D eigenvalue weighted by Crippen LogP contribution is -2.47. The Bertz CT molecular complexity index is 809. The highest BCUT2D eigenvalue weighted by atomic mass is 19.1. The molecular formula is C18H21FN6O2. The standard InChI is InChI=1S/C18H21FN6O2/c19-16-13(12-27-18(26)23-17(20)21)4-3-5-14(16)24-8-10-25(11-9-24)15-6-1-2-7-22-15/h1-7H,8-12H2,(H4,20,21,23,26). The summed E-state index contributed by atoms with van der Waals surface area (Å²) in [5.74, 6) is -0.0318. The number of carbonyl (C=O) groups is 1. The zero-order chi connectivity index (χ0) is 19.2. The van der Waals surface area contributed by atoms with Crippen LogP contribution in [0.25, 0.3) is 0 Å². The Morgan fingerprint density at radius 1 is 1.19 bits per heavy atom. The lowest BCUT2D eigenvalue weighted by Gasteiger charge is -2.37. The average molecular weight is 372 g/mol. The Hall–Kier alpha value is -3.36. The first-order valence-electron chi connectivity index (χ1n) is 8.50. The molecule has 0 aliphatic carbocycles. The Labute approximate surface area is 156 Å². The van der Waals surface area contributed by atoms with E-state index in [2.05, 4.69) is 9.88 Å². The van der Waals surface area contributed by atoms with Gasteiger partial charge in [-0.1, -0.05) is 18.2 Å². The normalized spacial score (nSPS) is 14.0. The number of carbonyl (C=O) groups excluding carboxylic acids is 1. The van der Waals surface area contributed by atoms with Gasteiger partial charge in [0.1, 0.15) is 12.4 Å². The lowest BCUT2D eigenvalue weighted by atomic mass is 10.1. The maximum atomic E-state index is 14.8. The molecule has 4 N–H and O–H groups in total. The lowest BCUT2D eigenvalue weighted by molar-refractivity contribution is 0.143. The van der Waals surface area contributed by atoms with E-state index in [0.29, 0.717) is 18.8 Å². The Kier molecular flexibility index (Phi) is 5.70. The fourth-order valence-electron chi connectivity index (χ4n) is 2.93. The number of rotatable bonds is 4. The third kappa shape index (κ3) is 4.63. The number of benzene rings is 1. The van der Waals surface area contributed by atoms with E-state index in [1.165, 1.54) is 0 Å². The summed E-state index contributed by atoms with van der Waals surface area (Å²) in [6, 6.07) is 10.8. The zero-order valence-electron chi connectivity index (χ0n) is 14.7. The molecule has 1 fully saturated rings. The maximum Gasteiger partial charge on any atom is 0.414 e. The number of piperazine rings is 1. The van der Waals surface area contributed by atoms with E-state index in [4.69, 9.17) is 15.9 Å². The molecule has 3 rings (SSSR count). The van der Waals surface area contributed by atoms with Gasteiger partial charge in [0.15, 0.2) is 11.8 Å². The number of nitrogens with two attached hydrogens (primary N) is 1. The second-order valence-corrected chi connectivity index (χ2v) is 6.03. The summed E-state index contributed by atoms with van der Waals surface area (Å²) < 4.78 is 19.7. The maximum absolute atomic E-state index is 14.8. The van der Waals surface area contributed by atoms with Gasteiger partial charge in [0.05, 0.1) is 5.69 Å². The van der Waals surface area contributed by atoms with Crippen LogP contribution in [-0.4, -0.2) is 43.2 Å². The minimum atomic E-state index is -0.892. The number of hydrogen-bond donors (Lipinski definition) is 3. The van der Waals surface area contributed by atoms with Crippen LogP contribution in [0.4, 0.5) is 20.7 Å². The molecule has 1 saturated heterocycles. The Morgan fingerprint density at radius 2 is 1.93 bits per heavy atom. The Balaban J connectivity index is 1.62. The summed E-state index contributed by atoms with van der Waals surface area (Å²) in [5.41, 5.74) is 5.79. The van der Waals surface area contributed by atoms with Crippen LogP contribution in [0, 0.1) is 11.2 Å². The number of aromatic nitrogens is 1. The molecule has 0 spiro atoms. The van der Waals surface area contributed by atoms with Gasteiger partial charge in [-0.2, -0.15) is 0 Å². The van der Waals surface area contributed by atoms with Crippen molar-refractivity contribution in [3.63, 3.8) is 0 Å². The van der Waals surface area contributed by atoms with Crippen molar-refractivity contribution in [2.75, 3.05) is 36.0 Å². The fourth-order valence-corrected chi connectivity index (χ4v) is 2.93. The van der Waals surface area contributed by atoms with Gasteiger partial charge >= 0.3 is 6.09 Å². The van der Waals surface area contributed by atoms with E-state index < -0.39 is 17.9 Å². The molecule has 1 aliphatic heterocycles. The minimum absolute atomic E-state index is 0.243. The second-order valence-electron chi connectivity index (χ2n) is 6.03. The molecule has 0 unspecified atom stereocenters. The topological polar surface area (TPSA) is 108 Å². The molecule has 2 aromatic rings. The van der Waals surface area contributed by atoms with Crippen LogP contribution in [0.1, 0.15) is 5.56 Å². The quantitative estimate of drug-likeness (QED) is 0.557. The molecular weight excluding hydrogens is 351 g/mol. The fraction of sp³-hybridized carbons (Fsp3) is 0.278. The van der Waals surface area contributed by atoms with Crippen molar-refractivity contribution in [1.82, 2.24) is 10.3 Å². The number of hydrogen-bond acceptors (Lipinski definition) is 6. The molecule has 0 bridgehead atoms. The van der Waals surface area contributed by atoms with Crippen molar-refractivity contribution < 1.29 is 13.9 Å². The first-order valence-corrected chi connectivity index (χ1v) is 8.50. The summed E-state index contributed by atoms with van der Waals surface area (Å²) >= 11 is 0. The molecule has 1 aromatic carbocycles. The molecule has 8 nitrogen and oxygen atoms in total. The first kappa shape index (κ1) is 18.4. The van der Waals surface area contributed by atoms with Gasteiger partial charge in [-0.15, -0.1) is 0 Å². The van der Waals surface area contributed by atoms with Gasteiger partial charge in [0.25, 0.3) is 0 Å². The van der Waals surface area contributed by atoms with Gasteiger partial charge in [0.2, 0.25) is 0 Å². The van der Waals surface area contributed by atoms with Gasteiger partial charge in [0, 0.05) is 37.9 Å². The summed E-state index contributed by atoms with van der Waals surface area (Å²) in [5, 5.41) is 8.96. The van der Waals surface area contributed by atoms with E-state index in [0.717, 1.165) is 18.9 Å². The van der Waals surface area contributed by atoms with Gasteiger partial charge < -0.3 is 20.3 Å². The summed E-state index contributed by atoms with van der Waals surface area (Å²) in [7, 11) is 0. The molecule has 2 heterocycles. The molecule has 9 heteroatoms. The number of ether oxygens (including phenoxy) is 1. The average Bonchev–Trinajstić information content (AvgIpc) is 2.67. The third-order valence-corrected chi connectivity index (χ3v) is 4.25. The summed E-state index contributed by atoms with van der Waals surface area (Å²) in [4.78, 5) is 19.9. The molecule has 27 heavy (non-hydrogen) atoms. The predicted molar refractivity (Wildman–Crippen MR) is 100 cm³/mol. The highest BCUT2D eigenvalue weighted by Gasteiger charge is 2.21. The predicted octanol–water partition coefficient (Wildman–Crippen LogP) is 1.67. The summed E-state index contributed by atoms with van der Waals surface area (Å²) in [6.07, 6.45) is 0.865. The van der Waals surface area contributed by atoms with Crippen LogP contribution in [0.5, 0.6) is 0 Å². The van der Waals surface area contributed by atoms with Crippen molar-refractivity contribution in [2.45, 2.75) is 6.61 Å². The second kappa shape index (κ2) is 8.35. The van der Waals surface area contributed by atoms with Crippen LogP contribution >= 0.6 is 0 Å². The molecule has 142 valence electrons. The van der Waals surface area contributed by atoms with Gasteiger partial charge in [-0.25, -0.2) is 14.2 Å². The van der Waals surface area contributed by atoms with Crippen LogP contribution in [0.2, 0.25) is 0 Å². The van der Waals surface area contributed by atoms with Crippen LogP contribution in [0.3, 0.4) is 0 Å². The van der Waals surface area contributed by atoms with Crippen LogP contribution < -0.4 is 20.9 Å².